The molecule has 3 atom stereocenters. The fraction of sp³-hybridized carbons (Fsp3) is 0.290. The van der Waals surface area contributed by atoms with Crippen LogP contribution in [0.25, 0.3) is 0 Å². The van der Waals surface area contributed by atoms with E-state index in [1.807, 2.05) is 6.07 Å². The standard InChI is InChI=1S/C31H34IN3O3SeSi/c1-31(2,3)40(24-15-9-5-10-16-24,25-17-11-6-12-18-25)37-21-22-19-27(39-23-13-7-4-8-14-23)29(38-22)35-20-26(32)28(33)34-30(35)36/h4-18,20,22,27,29H,19,21H2,1-3H3,(H2,33,34,36)/t22-,27+,29+/m0/s1. The number of ether oxygens (including phenoxy) is 1. The molecule has 1 aromatic heterocycles. The molecule has 3 aromatic carbocycles. The molecule has 6 nitrogen and oxygen atoms in total. The third-order valence-electron chi connectivity index (χ3n) is 7.29. The Kier molecular flexibility index (Phi) is 8.99. The van der Waals surface area contributed by atoms with Crippen molar-refractivity contribution in [2.24, 2.45) is 0 Å². The number of nitrogen functional groups attached to an aromatic ring is 1. The molecular formula is C31H34IN3O3SeSi. The van der Waals surface area contributed by atoms with Gasteiger partial charge in [0, 0.05) is 0 Å². The number of hydrogen-bond acceptors (Lipinski definition) is 5. The fourth-order valence-corrected chi connectivity index (χ4v) is 13.2. The van der Waals surface area contributed by atoms with E-state index in [9.17, 15) is 4.79 Å². The van der Waals surface area contributed by atoms with Crippen molar-refractivity contribution in [3.63, 3.8) is 0 Å². The molecule has 208 valence electrons. The summed E-state index contributed by atoms with van der Waals surface area (Å²) in [6, 6.07) is 31.7. The average molecular weight is 731 g/mol. The van der Waals surface area contributed by atoms with Gasteiger partial charge in [-0.15, -0.1) is 0 Å². The summed E-state index contributed by atoms with van der Waals surface area (Å²) in [5.41, 5.74) is 5.55. The summed E-state index contributed by atoms with van der Waals surface area (Å²) >= 11 is 2.21. The molecule has 1 saturated heterocycles. The summed E-state index contributed by atoms with van der Waals surface area (Å²) in [4.78, 5) is 17.2. The van der Waals surface area contributed by atoms with Gasteiger partial charge in [0.25, 0.3) is 0 Å². The van der Waals surface area contributed by atoms with Crippen LogP contribution in [-0.2, 0) is 9.16 Å². The van der Waals surface area contributed by atoms with E-state index in [-0.39, 0.29) is 42.4 Å². The zero-order valence-corrected chi connectivity index (χ0v) is 27.7. The molecule has 1 aliphatic rings. The summed E-state index contributed by atoms with van der Waals surface area (Å²) in [7, 11) is -2.72. The predicted molar refractivity (Wildman–Crippen MR) is 173 cm³/mol. The molecule has 5 rings (SSSR count). The third kappa shape index (κ3) is 6.00. The quantitative estimate of drug-likeness (QED) is 0.218. The SMILES string of the molecule is CC(C)(C)[Si](OC[C@@H]1C[C@@H]([Se]c2ccccc2)[C@H](n2cc(I)c(N)nc2=O)O1)(c1ccccc1)c1ccccc1. The molecule has 1 fully saturated rings. The zero-order chi connectivity index (χ0) is 28.3. The van der Waals surface area contributed by atoms with Gasteiger partial charge in [-0.3, -0.25) is 0 Å². The number of benzene rings is 3. The normalized spacial score (nSPS) is 19.6. The van der Waals surface area contributed by atoms with Crippen LogP contribution in [0.3, 0.4) is 0 Å². The van der Waals surface area contributed by atoms with Crippen LogP contribution in [0.5, 0.6) is 0 Å². The van der Waals surface area contributed by atoms with Gasteiger partial charge in [0.1, 0.15) is 0 Å². The van der Waals surface area contributed by atoms with Crippen LogP contribution >= 0.6 is 22.6 Å². The minimum absolute atomic E-state index is 0.0876. The van der Waals surface area contributed by atoms with Crippen LogP contribution < -0.4 is 26.3 Å². The second-order valence-corrected chi connectivity index (χ2v) is 19.2. The van der Waals surface area contributed by atoms with E-state index >= 15 is 0 Å². The zero-order valence-electron chi connectivity index (χ0n) is 22.9. The number of anilines is 1. The number of hydrogen-bond donors (Lipinski definition) is 1. The fourth-order valence-electron chi connectivity index (χ4n) is 5.47. The Morgan fingerprint density at radius 1 is 1.00 bits per heavy atom. The van der Waals surface area contributed by atoms with Gasteiger partial charge in [-0.05, 0) is 0 Å². The van der Waals surface area contributed by atoms with Crippen LogP contribution in [0.2, 0.25) is 9.85 Å². The van der Waals surface area contributed by atoms with E-state index in [1.165, 1.54) is 14.8 Å². The van der Waals surface area contributed by atoms with Gasteiger partial charge in [0.05, 0.1) is 0 Å². The van der Waals surface area contributed by atoms with E-state index in [0.29, 0.717) is 6.61 Å². The van der Waals surface area contributed by atoms with E-state index in [1.54, 1.807) is 10.8 Å². The number of nitrogens with zero attached hydrogens (tertiary/aromatic N) is 2. The van der Waals surface area contributed by atoms with Crippen LogP contribution in [0, 0.1) is 3.57 Å². The van der Waals surface area contributed by atoms with Crippen LogP contribution in [0.4, 0.5) is 5.82 Å². The topological polar surface area (TPSA) is 79.4 Å². The summed E-state index contributed by atoms with van der Waals surface area (Å²) in [5.74, 6) is 0.247. The predicted octanol–water partition coefficient (Wildman–Crippen LogP) is 4.11. The molecule has 4 aromatic rings. The molecule has 2 N–H and O–H groups in total. The Bertz CT molecular complexity index is 1440. The van der Waals surface area contributed by atoms with Gasteiger partial charge in [0.15, 0.2) is 0 Å². The summed E-state index contributed by atoms with van der Waals surface area (Å²) in [6.07, 6.45) is 1.98. The number of halogens is 1. The van der Waals surface area contributed by atoms with Crippen molar-refractivity contribution in [3.05, 3.63) is 111 Å². The first-order chi connectivity index (χ1) is 19.2. The first-order valence-corrected chi connectivity index (χ1v) is 18.2. The molecule has 40 heavy (non-hydrogen) atoms. The van der Waals surface area contributed by atoms with Crippen LogP contribution in [-0.4, -0.2) is 45.5 Å². The number of rotatable bonds is 8. The second kappa shape index (κ2) is 12.3. The first-order valence-electron chi connectivity index (χ1n) is 13.4. The van der Waals surface area contributed by atoms with E-state index < -0.39 is 14.5 Å². The third-order valence-corrected chi connectivity index (χ3v) is 15.8. The van der Waals surface area contributed by atoms with Crippen molar-refractivity contribution in [3.8, 4) is 0 Å². The van der Waals surface area contributed by atoms with Crippen molar-refractivity contribution < 1.29 is 9.16 Å². The molecule has 0 radical (unpaired) electrons. The van der Waals surface area contributed by atoms with Gasteiger partial charge >= 0.3 is 258 Å². The Labute approximate surface area is 256 Å². The van der Waals surface area contributed by atoms with Crippen molar-refractivity contribution >= 4 is 66.5 Å². The molecule has 0 unspecified atom stereocenters. The van der Waals surface area contributed by atoms with E-state index in [2.05, 4.69) is 133 Å². The van der Waals surface area contributed by atoms with Crippen molar-refractivity contribution in [1.29, 1.82) is 0 Å². The maximum atomic E-state index is 13.0. The van der Waals surface area contributed by atoms with Crippen LogP contribution in [0.15, 0.2) is 102 Å². The molecule has 2 heterocycles. The molecule has 0 amide bonds. The molecule has 9 heteroatoms. The van der Waals surface area contributed by atoms with E-state index in [4.69, 9.17) is 14.9 Å². The van der Waals surface area contributed by atoms with Crippen molar-refractivity contribution in [2.45, 2.75) is 49.4 Å². The molecular weight excluding hydrogens is 696 g/mol. The van der Waals surface area contributed by atoms with Gasteiger partial charge < -0.3 is 0 Å². The summed E-state index contributed by atoms with van der Waals surface area (Å²) in [5, 5.41) is 2.35. The summed E-state index contributed by atoms with van der Waals surface area (Å²) in [6.45, 7) is 7.28. The Balaban J connectivity index is 1.49. The molecule has 0 aliphatic carbocycles. The minimum atomic E-state index is -2.72. The van der Waals surface area contributed by atoms with Crippen molar-refractivity contribution in [2.75, 3.05) is 12.3 Å². The Morgan fingerprint density at radius 2 is 1.55 bits per heavy atom. The Morgan fingerprint density at radius 3 is 2.10 bits per heavy atom. The van der Waals surface area contributed by atoms with Gasteiger partial charge in [-0.25, -0.2) is 0 Å². The van der Waals surface area contributed by atoms with Gasteiger partial charge in [0.2, 0.25) is 0 Å². The number of nitrogens with two attached hydrogens (primary N) is 1. The summed E-state index contributed by atoms with van der Waals surface area (Å²) < 4.78 is 17.5. The molecule has 1 aliphatic heterocycles. The monoisotopic (exact) mass is 731 g/mol. The maximum absolute atomic E-state index is 13.0. The van der Waals surface area contributed by atoms with Gasteiger partial charge in [-0.2, -0.15) is 0 Å². The van der Waals surface area contributed by atoms with Gasteiger partial charge in [-0.1, -0.05) is 0 Å². The van der Waals surface area contributed by atoms with Crippen molar-refractivity contribution in [1.82, 2.24) is 9.55 Å². The average Bonchev–Trinajstić information content (AvgIpc) is 3.34. The molecule has 0 saturated carbocycles. The molecule has 0 spiro atoms. The number of aromatic nitrogens is 2. The second-order valence-electron chi connectivity index (χ2n) is 11.0. The van der Waals surface area contributed by atoms with E-state index in [0.717, 1.165) is 9.99 Å². The first kappa shape index (κ1) is 29.2. The van der Waals surface area contributed by atoms with Crippen LogP contribution in [0.1, 0.15) is 33.4 Å². The Hall–Kier alpha value is -2.27. The molecule has 0 bridgehead atoms.